The number of rotatable bonds is 4. The highest BCUT2D eigenvalue weighted by molar-refractivity contribution is 7.98. The average molecular weight is 319 g/mol. The molecular formula is C15H17N3O3S. The third-order valence-corrected chi connectivity index (χ3v) is 4.10. The van der Waals surface area contributed by atoms with Gasteiger partial charge < -0.3 is 10.4 Å². The van der Waals surface area contributed by atoms with Crippen molar-refractivity contribution in [2.75, 3.05) is 11.6 Å². The Morgan fingerprint density at radius 2 is 2.09 bits per heavy atom. The highest BCUT2D eigenvalue weighted by atomic mass is 32.2. The first-order valence-electron chi connectivity index (χ1n) is 6.75. The van der Waals surface area contributed by atoms with Crippen LogP contribution in [0.5, 0.6) is 0 Å². The molecule has 0 aliphatic carbocycles. The number of thioether (sulfide) groups is 1. The first-order chi connectivity index (χ1) is 10.5. The molecule has 0 fully saturated rings. The number of hydrogen-bond donors (Lipinski definition) is 2. The summed E-state index contributed by atoms with van der Waals surface area (Å²) < 4.78 is 0.726. The van der Waals surface area contributed by atoms with Crippen LogP contribution in [0.25, 0.3) is 0 Å². The van der Waals surface area contributed by atoms with Gasteiger partial charge >= 0.3 is 11.7 Å². The van der Waals surface area contributed by atoms with Crippen molar-refractivity contribution in [1.29, 1.82) is 0 Å². The molecule has 0 saturated carbocycles. The van der Waals surface area contributed by atoms with Gasteiger partial charge in [0.05, 0.1) is 5.69 Å². The molecule has 22 heavy (non-hydrogen) atoms. The van der Waals surface area contributed by atoms with Crippen molar-refractivity contribution >= 4 is 29.4 Å². The van der Waals surface area contributed by atoms with Crippen LogP contribution in [0, 0.1) is 6.92 Å². The largest absolute Gasteiger partial charge is 0.464 e. The minimum absolute atomic E-state index is 0.0126. The van der Waals surface area contributed by atoms with Crippen LogP contribution < -0.4 is 10.9 Å². The van der Waals surface area contributed by atoms with Gasteiger partial charge in [-0.05, 0) is 31.2 Å². The zero-order chi connectivity index (χ0) is 16.3. The van der Waals surface area contributed by atoms with Crippen molar-refractivity contribution in [3.05, 3.63) is 45.9 Å². The molecule has 2 N–H and O–H groups in total. The maximum absolute atomic E-state index is 12.4. The average Bonchev–Trinajstić information content (AvgIpc) is 2.50. The summed E-state index contributed by atoms with van der Waals surface area (Å²) in [6.45, 7) is 3.69. The van der Waals surface area contributed by atoms with Gasteiger partial charge in [0.1, 0.15) is 5.03 Å². The molecule has 1 aromatic heterocycles. The van der Waals surface area contributed by atoms with Gasteiger partial charge in [0.15, 0.2) is 5.82 Å². The molecule has 6 nitrogen and oxygen atoms in total. The second-order valence-corrected chi connectivity index (χ2v) is 5.41. The van der Waals surface area contributed by atoms with E-state index in [1.807, 2.05) is 31.2 Å². The van der Waals surface area contributed by atoms with Crippen LogP contribution in [0.4, 0.5) is 16.3 Å². The van der Waals surface area contributed by atoms with Crippen molar-refractivity contribution < 1.29 is 9.90 Å². The fourth-order valence-corrected chi connectivity index (χ4v) is 2.88. The summed E-state index contributed by atoms with van der Waals surface area (Å²) in [6.07, 6.45) is 1.19. The van der Waals surface area contributed by atoms with E-state index < -0.39 is 11.7 Å². The minimum Gasteiger partial charge on any atom is -0.464 e. The monoisotopic (exact) mass is 319 g/mol. The van der Waals surface area contributed by atoms with E-state index in [0.29, 0.717) is 10.7 Å². The first kappa shape index (κ1) is 16.1. The summed E-state index contributed by atoms with van der Waals surface area (Å²) in [5, 5.41) is 12.6. The van der Waals surface area contributed by atoms with Gasteiger partial charge in [-0.25, -0.2) is 14.3 Å². The predicted molar refractivity (Wildman–Crippen MR) is 87.5 cm³/mol. The van der Waals surface area contributed by atoms with Crippen LogP contribution in [0.2, 0.25) is 0 Å². The summed E-state index contributed by atoms with van der Waals surface area (Å²) in [4.78, 5) is 28.0. The molecule has 1 aromatic carbocycles. The summed E-state index contributed by atoms with van der Waals surface area (Å²) in [6, 6.07) is 7.54. The van der Waals surface area contributed by atoms with E-state index in [2.05, 4.69) is 10.3 Å². The summed E-state index contributed by atoms with van der Waals surface area (Å²) >= 11 is 1.18. The normalized spacial score (nSPS) is 10.5. The van der Waals surface area contributed by atoms with Gasteiger partial charge in [0.2, 0.25) is 0 Å². The fourth-order valence-electron chi connectivity index (χ4n) is 2.20. The van der Waals surface area contributed by atoms with Crippen molar-refractivity contribution in [3.63, 3.8) is 0 Å². The highest BCUT2D eigenvalue weighted by Gasteiger charge is 2.18. The third-order valence-electron chi connectivity index (χ3n) is 3.23. The molecule has 0 aliphatic rings. The number of carboxylic acid groups (broad SMARTS) is 1. The molecule has 0 atom stereocenters. The lowest BCUT2D eigenvalue weighted by Crippen LogP contribution is -2.31. The summed E-state index contributed by atoms with van der Waals surface area (Å²) in [7, 11) is 0. The van der Waals surface area contributed by atoms with Gasteiger partial charge in [-0.15, -0.1) is 11.8 Å². The Morgan fingerprint density at radius 3 is 2.68 bits per heavy atom. The van der Waals surface area contributed by atoms with E-state index >= 15 is 0 Å². The van der Waals surface area contributed by atoms with E-state index in [1.165, 1.54) is 11.8 Å². The summed E-state index contributed by atoms with van der Waals surface area (Å²) in [5.41, 5.74) is 1.60. The van der Waals surface area contributed by atoms with E-state index in [9.17, 15) is 14.7 Å². The molecule has 116 valence electrons. The van der Waals surface area contributed by atoms with Crippen molar-refractivity contribution in [2.24, 2.45) is 0 Å². The van der Waals surface area contributed by atoms with Crippen molar-refractivity contribution in [1.82, 2.24) is 9.55 Å². The molecule has 1 heterocycles. The Kier molecular flexibility index (Phi) is 4.87. The Balaban J connectivity index is 2.58. The smallest absolute Gasteiger partial charge is 0.419 e. The summed E-state index contributed by atoms with van der Waals surface area (Å²) in [5.74, 6) is 0.0126. The number of nitrogens with zero attached hydrogens (tertiary/aromatic N) is 2. The van der Waals surface area contributed by atoms with E-state index in [-0.39, 0.29) is 5.82 Å². The number of anilines is 2. The Hall–Kier alpha value is -2.28. The number of benzene rings is 1. The van der Waals surface area contributed by atoms with Crippen LogP contribution in [-0.2, 0) is 6.42 Å². The van der Waals surface area contributed by atoms with Crippen molar-refractivity contribution in [2.45, 2.75) is 25.3 Å². The number of aromatic nitrogens is 2. The van der Waals surface area contributed by atoms with Gasteiger partial charge in [0.25, 0.3) is 0 Å². The van der Waals surface area contributed by atoms with E-state index in [1.54, 1.807) is 13.2 Å². The van der Waals surface area contributed by atoms with Gasteiger partial charge in [-0.2, -0.15) is 0 Å². The molecule has 0 bridgehead atoms. The highest BCUT2D eigenvalue weighted by Crippen LogP contribution is 2.21. The number of hydrogen-bond acceptors (Lipinski definition) is 5. The number of para-hydroxylation sites is 1. The maximum atomic E-state index is 12.4. The third kappa shape index (κ3) is 2.99. The van der Waals surface area contributed by atoms with Crippen LogP contribution in [0.3, 0.4) is 0 Å². The number of carbonyl (C=O) groups is 1. The molecule has 0 radical (unpaired) electrons. The molecule has 0 amide bonds. The fraction of sp³-hybridized carbons (Fsp3) is 0.267. The topological polar surface area (TPSA) is 84.2 Å². The van der Waals surface area contributed by atoms with Crippen LogP contribution in [-0.4, -0.2) is 27.0 Å². The molecule has 0 unspecified atom stereocenters. The van der Waals surface area contributed by atoms with E-state index in [4.69, 9.17) is 0 Å². The maximum Gasteiger partial charge on any atom is 0.419 e. The lowest BCUT2D eigenvalue weighted by atomic mass is 10.1. The van der Waals surface area contributed by atoms with Gasteiger partial charge in [-0.3, -0.25) is 4.79 Å². The number of nitrogens with one attached hydrogen (secondary N) is 1. The standard InChI is InChI=1S/C15H17N3O3S/c1-4-10-7-5-6-8-11(10)17-12-13(19)18(15(20)21)14(22-3)9(2)16-12/h5-8H,4H2,1-3H3,(H,16,17)(H,20,21). The molecule has 0 aliphatic heterocycles. The molecular weight excluding hydrogens is 302 g/mol. The Labute approximate surface area is 132 Å². The lowest BCUT2D eigenvalue weighted by Gasteiger charge is -2.14. The molecule has 2 rings (SSSR count). The second-order valence-electron chi connectivity index (χ2n) is 4.61. The number of aryl methyl sites for hydroxylation is 2. The zero-order valence-electron chi connectivity index (χ0n) is 12.6. The Bertz CT molecular complexity index is 771. The van der Waals surface area contributed by atoms with Crippen LogP contribution in [0.1, 0.15) is 18.2 Å². The van der Waals surface area contributed by atoms with Crippen LogP contribution >= 0.6 is 11.8 Å². The minimum atomic E-state index is -1.31. The molecule has 0 saturated heterocycles. The van der Waals surface area contributed by atoms with E-state index in [0.717, 1.165) is 22.2 Å². The van der Waals surface area contributed by atoms with Crippen LogP contribution in [0.15, 0.2) is 34.1 Å². The first-order valence-corrected chi connectivity index (χ1v) is 7.98. The SMILES string of the molecule is CCc1ccccc1Nc1nc(C)c(SC)n(C(=O)O)c1=O. The van der Waals surface area contributed by atoms with Crippen molar-refractivity contribution in [3.8, 4) is 0 Å². The molecule has 2 aromatic rings. The second kappa shape index (κ2) is 6.65. The lowest BCUT2D eigenvalue weighted by molar-refractivity contribution is 0.192. The van der Waals surface area contributed by atoms with Gasteiger partial charge in [-0.1, -0.05) is 25.1 Å². The predicted octanol–water partition coefficient (Wildman–Crippen LogP) is 3.11. The zero-order valence-corrected chi connectivity index (χ0v) is 13.4. The quantitative estimate of drug-likeness (QED) is 0.842. The molecule has 7 heteroatoms. The van der Waals surface area contributed by atoms with Gasteiger partial charge in [0, 0.05) is 5.69 Å². The Morgan fingerprint density at radius 1 is 1.41 bits per heavy atom. The molecule has 0 spiro atoms.